The van der Waals surface area contributed by atoms with Crippen molar-refractivity contribution in [2.75, 3.05) is 5.32 Å². The fourth-order valence-corrected chi connectivity index (χ4v) is 3.73. The molecule has 3 heterocycles. The third-order valence-electron chi connectivity index (χ3n) is 5.48. The average molecular weight is 442 g/mol. The number of hydrogen-bond donors (Lipinski definition) is 1. The topological polar surface area (TPSA) is 77.1 Å². The zero-order valence-electron chi connectivity index (χ0n) is 16.4. The Morgan fingerprint density at radius 2 is 1.94 bits per heavy atom. The highest BCUT2D eigenvalue weighted by Gasteiger charge is 2.33. The molecule has 0 spiro atoms. The van der Waals surface area contributed by atoms with Gasteiger partial charge >= 0.3 is 6.18 Å². The molecule has 0 saturated heterocycles. The first-order valence-corrected chi connectivity index (χ1v) is 9.73. The zero-order chi connectivity index (χ0) is 22.3. The van der Waals surface area contributed by atoms with Gasteiger partial charge in [-0.3, -0.25) is 9.48 Å². The Morgan fingerprint density at radius 3 is 2.58 bits per heavy atom. The molecule has 3 aromatic rings. The monoisotopic (exact) mass is 442 g/mol. The largest absolute Gasteiger partial charge is 0.433 e. The fraction of sp³-hybridized carbons (Fsp3) is 0.474. The summed E-state index contributed by atoms with van der Waals surface area (Å²) in [7, 11) is 0. The van der Waals surface area contributed by atoms with Crippen LogP contribution in [0.5, 0.6) is 0 Å². The second-order valence-electron chi connectivity index (χ2n) is 7.71. The molecule has 12 heteroatoms. The molecule has 166 valence electrons. The molecular weight excluding hydrogens is 423 g/mol. The van der Waals surface area contributed by atoms with Crippen molar-refractivity contribution in [3.05, 3.63) is 41.6 Å². The summed E-state index contributed by atoms with van der Waals surface area (Å²) in [5.41, 5.74) is -2.58. The van der Waals surface area contributed by atoms with Crippen molar-refractivity contribution in [2.24, 2.45) is 5.92 Å². The summed E-state index contributed by atoms with van der Waals surface area (Å²) in [6.45, 7) is 2.13. The Hall–Kier alpha value is -3.05. The lowest BCUT2D eigenvalue weighted by atomic mass is 9.87. The van der Waals surface area contributed by atoms with Crippen molar-refractivity contribution in [2.45, 2.75) is 51.3 Å². The van der Waals surface area contributed by atoms with E-state index in [4.69, 9.17) is 0 Å². The molecule has 31 heavy (non-hydrogen) atoms. The number of aromatic nitrogens is 5. The van der Waals surface area contributed by atoms with Gasteiger partial charge in [0.2, 0.25) is 0 Å². The van der Waals surface area contributed by atoms with Crippen LogP contribution >= 0.6 is 0 Å². The first kappa shape index (κ1) is 21.2. The molecule has 7 nitrogen and oxygen atoms in total. The van der Waals surface area contributed by atoms with Crippen molar-refractivity contribution in [1.82, 2.24) is 24.4 Å². The normalized spacial score (nSPS) is 19.8. The van der Waals surface area contributed by atoms with Gasteiger partial charge in [0.25, 0.3) is 12.3 Å². The van der Waals surface area contributed by atoms with Crippen LogP contribution in [0, 0.1) is 5.92 Å². The number of carbonyl (C=O) groups excluding carboxylic acids is 1. The number of alkyl halides is 5. The van der Waals surface area contributed by atoms with E-state index in [0.717, 1.165) is 48.7 Å². The lowest BCUT2D eigenvalue weighted by molar-refractivity contribution is -0.141. The van der Waals surface area contributed by atoms with Gasteiger partial charge in [0, 0.05) is 12.4 Å². The lowest BCUT2D eigenvalue weighted by Gasteiger charge is -2.26. The van der Waals surface area contributed by atoms with E-state index in [1.807, 2.05) is 0 Å². The molecule has 1 fully saturated rings. The van der Waals surface area contributed by atoms with E-state index in [1.165, 1.54) is 10.9 Å². The SMILES string of the molecule is CC1CCC(n2cc(NC(=O)c3cnn4ccc(C(F)(F)F)nc34)c(C(F)F)n2)CC1. The third-order valence-corrected chi connectivity index (χ3v) is 5.48. The van der Waals surface area contributed by atoms with Crippen LogP contribution < -0.4 is 5.32 Å². The van der Waals surface area contributed by atoms with Gasteiger partial charge in [-0.15, -0.1) is 0 Å². The summed E-state index contributed by atoms with van der Waals surface area (Å²) in [5, 5.41) is 10.1. The van der Waals surface area contributed by atoms with E-state index < -0.39 is 29.9 Å². The van der Waals surface area contributed by atoms with Gasteiger partial charge < -0.3 is 5.32 Å². The summed E-state index contributed by atoms with van der Waals surface area (Å²) >= 11 is 0. The minimum atomic E-state index is -4.71. The Labute approximate surface area is 173 Å². The number of halogens is 5. The maximum Gasteiger partial charge on any atom is 0.433 e. The van der Waals surface area contributed by atoms with Gasteiger partial charge in [0.15, 0.2) is 11.3 Å². The number of rotatable bonds is 4. The van der Waals surface area contributed by atoms with Crippen molar-refractivity contribution >= 4 is 17.2 Å². The first-order chi connectivity index (χ1) is 14.6. The van der Waals surface area contributed by atoms with Crippen LogP contribution in [0.3, 0.4) is 0 Å². The van der Waals surface area contributed by atoms with E-state index in [-0.39, 0.29) is 22.9 Å². The van der Waals surface area contributed by atoms with Crippen molar-refractivity contribution < 1.29 is 26.7 Å². The molecule has 1 aliphatic rings. The van der Waals surface area contributed by atoms with Crippen LogP contribution in [0.4, 0.5) is 27.6 Å². The molecule has 4 rings (SSSR count). The molecule has 3 aromatic heterocycles. The maximum absolute atomic E-state index is 13.5. The summed E-state index contributed by atoms with van der Waals surface area (Å²) in [6, 6.07) is 0.679. The first-order valence-electron chi connectivity index (χ1n) is 9.73. The number of hydrogen-bond acceptors (Lipinski definition) is 4. The number of fused-ring (bicyclic) bond motifs is 1. The van der Waals surface area contributed by atoms with Crippen LogP contribution in [-0.4, -0.2) is 30.3 Å². The van der Waals surface area contributed by atoms with Crippen LogP contribution in [-0.2, 0) is 6.18 Å². The van der Waals surface area contributed by atoms with Gasteiger partial charge in [-0.2, -0.15) is 23.4 Å². The highest BCUT2D eigenvalue weighted by molar-refractivity contribution is 6.08. The highest BCUT2D eigenvalue weighted by atomic mass is 19.4. The predicted octanol–water partition coefficient (Wildman–Crippen LogP) is 4.89. The van der Waals surface area contributed by atoms with Crippen LogP contribution in [0.25, 0.3) is 5.65 Å². The highest BCUT2D eigenvalue weighted by Crippen LogP contribution is 2.34. The Balaban J connectivity index is 1.62. The lowest BCUT2D eigenvalue weighted by Crippen LogP contribution is -2.17. The van der Waals surface area contributed by atoms with E-state index in [1.54, 1.807) is 0 Å². The average Bonchev–Trinajstić information content (AvgIpc) is 3.31. The van der Waals surface area contributed by atoms with E-state index in [9.17, 15) is 26.7 Å². The fourth-order valence-electron chi connectivity index (χ4n) is 3.73. The molecule has 1 N–H and O–H groups in total. The zero-order valence-corrected chi connectivity index (χ0v) is 16.4. The van der Waals surface area contributed by atoms with E-state index in [2.05, 4.69) is 27.4 Å². The van der Waals surface area contributed by atoms with Crippen LogP contribution in [0.15, 0.2) is 24.7 Å². The summed E-state index contributed by atoms with van der Waals surface area (Å²) < 4.78 is 68.4. The Bertz CT molecular complexity index is 1100. The number of nitrogens with zero attached hydrogens (tertiary/aromatic N) is 5. The third kappa shape index (κ3) is 4.23. The van der Waals surface area contributed by atoms with Gasteiger partial charge in [-0.1, -0.05) is 6.92 Å². The van der Waals surface area contributed by atoms with Gasteiger partial charge in [-0.25, -0.2) is 18.3 Å². The molecule has 0 atom stereocenters. The quantitative estimate of drug-likeness (QED) is 0.584. The second-order valence-corrected chi connectivity index (χ2v) is 7.71. The predicted molar refractivity (Wildman–Crippen MR) is 99.8 cm³/mol. The maximum atomic E-state index is 13.5. The van der Waals surface area contributed by atoms with Crippen molar-refractivity contribution in [1.29, 1.82) is 0 Å². The summed E-state index contributed by atoms with van der Waals surface area (Å²) in [4.78, 5) is 16.1. The van der Waals surface area contributed by atoms with Crippen LogP contribution in [0.1, 0.15) is 66.8 Å². The standard InChI is InChI=1S/C19H19F5N6O/c1-10-2-4-11(5-3-10)30-9-13(15(28-30)16(20)21)26-18(31)12-8-25-29-7-6-14(19(22,23)24)27-17(12)29/h6-11,16H,2-5H2,1H3,(H,26,31). The molecule has 1 amide bonds. The Kier molecular flexibility index (Phi) is 5.40. The summed E-state index contributed by atoms with van der Waals surface area (Å²) in [6.07, 6.45) is -0.757. The molecule has 1 aliphatic carbocycles. The molecule has 0 bridgehead atoms. The number of nitrogens with one attached hydrogen (secondary N) is 1. The number of carbonyl (C=O) groups is 1. The molecular formula is C19H19F5N6O. The smallest absolute Gasteiger partial charge is 0.319 e. The molecule has 0 aromatic carbocycles. The van der Waals surface area contributed by atoms with Crippen molar-refractivity contribution in [3.63, 3.8) is 0 Å². The van der Waals surface area contributed by atoms with Gasteiger partial charge in [-0.05, 0) is 37.7 Å². The summed E-state index contributed by atoms with van der Waals surface area (Å²) in [5.74, 6) is -0.342. The number of amides is 1. The molecule has 0 radical (unpaired) electrons. The number of anilines is 1. The van der Waals surface area contributed by atoms with E-state index >= 15 is 0 Å². The van der Waals surface area contributed by atoms with E-state index in [0.29, 0.717) is 5.92 Å². The molecule has 0 aliphatic heterocycles. The van der Waals surface area contributed by atoms with Gasteiger partial charge in [0.1, 0.15) is 11.3 Å². The Morgan fingerprint density at radius 1 is 1.23 bits per heavy atom. The van der Waals surface area contributed by atoms with Crippen molar-refractivity contribution in [3.8, 4) is 0 Å². The van der Waals surface area contributed by atoms with Gasteiger partial charge in [0.05, 0.1) is 17.9 Å². The molecule has 1 saturated carbocycles. The van der Waals surface area contributed by atoms with Crippen LogP contribution in [0.2, 0.25) is 0 Å². The second kappa shape index (κ2) is 7.89. The minimum absolute atomic E-state index is 0.0488. The molecule has 0 unspecified atom stereocenters. The minimum Gasteiger partial charge on any atom is -0.319 e.